The number of benzene rings is 1. The van der Waals surface area contributed by atoms with Crippen molar-refractivity contribution in [3.63, 3.8) is 0 Å². The Morgan fingerprint density at radius 1 is 1.18 bits per heavy atom. The van der Waals surface area contributed by atoms with Crippen LogP contribution in [-0.4, -0.2) is 0 Å². The Morgan fingerprint density at radius 3 is 2.41 bits per heavy atom. The van der Waals surface area contributed by atoms with Gasteiger partial charge in [0.05, 0.1) is 8.61 Å². The summed E-state index contributed by atoms with van der Waals surface area (Å²) in [6.45, 7) is 2.00. The molecule has 0 bridgehead atoms. The number of rotatable bonds is 2. The average Bonchev–Trinajstić information content (AvgIpc) is 2.62. The van der Waals surface area contributed by atoms with E-state index in [-0.39, 0.29) is 4.83 Å². The van der Waals surface area contributed by atoms with Gasteiger partial charge in [0, 0.05) is 4.88 Å². The first-order chi connectivity index (χ1) is 7.99. The molecule has 0 spiro atoms. The topological polar surface area (TPSA) is 0 Å². The molecule has 1 aromatic heterocycles. The molecule has 0 radical (unpaired) electrons. The summed E-state index contributed by atoms with van der Waals surface area (Å²) in [4.78, 5) is 0.938. The van der Waals surface area contributed by atoms with E-state index in [1.54, 1.807) is 17.4 Å². The molecule has 0 amide bonds. The van der Waals surface area contributed by atoms with Gasteiger partial charge in [0.2, 0.25) is 0 Å². The van der Waals surface area contributed by atoms with Crippen molar-refractivity contribution in [2.24, 2.45) is 0 Å². The lowest BCUT2D eigenvalue weighted by atomic mass is 10.1. The van der Waals surface area contributed by atoms with Crippen LogP contribution < -0.4 is 0 Å². The van der Waals surface area contributed by atoms with Gasteiger partial charge in [-0.25, -0.2) is 8.78 Å². The van der Waals surface area contributed by atoms with Gasteiger partial charge >= 0.3 is 0 Å². The van der Waals surface area contributed by atoms with Crippen LogP contribution in [0.3, 0.4) is 0 Å². The van der Waals surface area contributed by atoms with Gasteiger partial charge in [-0.2, -0.15) is 0 Å². The first kappa shape index (κ1) is 13.2. The minimum absolute atomic E-state index is 0.118. The van der Waals surface area contributed by atoms with E-state index in [0.717, 1.165) is 20.3 Å². The molecule has 1 heterocycles. The number of halogens is 4. The maximum atomic E-state index is 13.1. The van der Waals surface area contributed by atoms with E-state index < -0.39 is 11.6 Å². The van der Waals surface area contributed by atoms with Crippen LogP contribution in [0.25, 0.3) is 0 Å². The second kappa shape index (κ2) is 5.16. The molecule has 1 aromatic carbocycles. The fourth-order valence-corrected chi connectivity index (χ4v) is 3.72. The smallest absolute Gasteiger partial charge is 0.159 e. The predicted octanol–water partition coefficient (Wildman–Crippen LogP) is 5.58. The van der Waals surface area contributed by atoms with Crippen LogP contribution in [0.4, 0.5) is 8.78 Å². The second-order valence-corrected chi connectivity index (χ2v) is 6.96. The zero-order valence-corrected chi connectivity index (χ0v) is 12.8. The molecule has 2 rings (SSSR count). The summed E-state index contributed by atoms with van der Waals surface area (Å²) < 4.78 is 27.0. The summed E-state index contributed by atoms with van der Waals surface area (Å²) in [5, 5.41) is 0. The first-order valence-corrected chi connectivity index (χ1v) is 7.36. The Kier molecular flexibility index (Phi) is 4.00. The molecule has 0 aliphatic carbocycles. The molecular formula is C12H8Br2F2S. The largest absolute Gasteiger partial charge is 0.204 e. The average molecular weight is 382 g/mol. The Bertz CT molecular complexity index is 532. The Balaban J connectivity index is 2.36. The van der Waals surface area contributed by atoms with Crippen LogP contribution >= 0.6 is 43.2 Å². The van der Waals surface area contributed by atoms with E-state index in [2.05, 4.69) is 31.9 Å². The van der Waals surface area contributed by atoms with E-state index in [9.17, 15) is 8.78 Å². The molecule has 0 saturated carbocycles. The fourth-order valence-electron chi connectivity index (χ4n) is 1.44. The lowest BCUT2D eigenvalue weighted by Crippen LogP contribution is -1.92. The van der Waals surface area contributed by atoms with Crippen molar-refractivity contribution < 1.29 is 8.78 Å². The lowest BCUT2D eigenvalue weighted by Gasteiger charge is -2.08. The Labute approximate surface area is 119 Å². The van der Waals surface area contributed by atoms with Crippen LogP contribution in [0.15, 0.2) is 28.1 Å². The summed E-state index contributed by atoms with van der Waals surface area (Å²) in [6.07, 6.45) is 0. The van der Waals surface area contributed by atoms with Crippen LogP contribution in [-0.2, 0) is 0 Å². The van der Waals surface area contributed by atoms with Crippen molar-refractivity contribution >= 4 is 43.2 Å². The SMILES string of the molecule is Cc1cc(C(Br)c2ccc(F)c(F)c2)sc1Br. The van der Waals surface area contributed by atoms with Crippen LogP contribution in [0.2, 0.25) is 0 Å². The zero-order chi connectivity index (χ0) is 12.6. The van der Waals surface area contributed by atoms with Gasteiger partial charge in [0.25, 0.3) is 0 Å². The third-order valence-corrected chi connectivity index (χ3v) is 5.89. The molecule has 0 aliphatic heterocycles. The van der Waals surface area contributed by atoms with Gasteiger partial charge in [-0.05, 0) is 52.2 Å². The fraction of sp³-hybridized carbons (Fsp3) is 0.167. The number of hydrogen-bond donors (Lipinski definition) is 0. The molecular weight excluding hydrogens is 374 g/mol. The highest BCUT2D eigenvalue weighted by Gasteiger charge is 2.16. The molecule has 0 N–H and O–H groups in total. The van der Waals surface area contributed by atoms with Crippen LogP contribution in [0, 0.1) is 18.6 Å². The Hall–Kier alpha value is -0.260. The third-order valence-electron chi connectivity index (χ3n) is 2.36. The van der Waals surface area contributed by atoms with Crippen LogP contribution in [0.1, 0.15) is 20.8 Å². The quantitative estimate of drug-likeness (QED) is 0.595. The van der Waals surface area contributed by atoms with E-state index in [1.807, 2.05) is 13.0 Å². The standard InChI is InChI=1S/C12H8Br2F2S/c1-6-4-10(17-12(6)14)11(13)7-2-3-8(15)9(16)5-7/h2-5,11H,1H3. The zero-order valence-electron chi connectivity index (χ0n) is 8.81. The summed E-state index contributed by atoms with van der Waals surface area (Å²) in [5.74, 6) is -1.64. The van der Waals surface area contributed by atoms with Gasteiger partial charge in [-0.1, -0.05) is 22.0 Å². The van der Waals surface area contributed by atoms with Crippen molar-refractivity contribution in [2.45, 2.75) is 11.8 Å². The molecule has 1 unspecified atom stereocenters. The highest BCUT2D eigenvalue weighted by atomic mass is 79.9. The minimum atomic E-state index is -0.822. The summed E-state index contributed by atoms with van der Waals surface area (Å²) in [7, 11) is 0. The van der Waals surface area contributed by atoms with Crippen molar-refractivity contribution in [1.82, 2.24) is 0 Å². The molecule has 17 heavy (non-hydrogen) atoms. The summed E-state index contributed by atoms with van der Waals surface area (Å²) in [6, 6.07) is 5.97. The number of aryl methyl sites for hydroxylation is 1. The molecule has 0 saturated heterocycles. The highest BCUT2D eigenvalue weighted by Crippen LogP contribution is 2.39. The summed E-state index contributed by atoms with van der Waals surface area (Å²) >= 11 is 8.53. The number of hydrogen-bond acceptors (Lipinski definition) is 1. The van der Waals surface area contributed by atoms with E-state index >= 15 is 0 Å². The third kappa shape index (κ3) is 2.77. The number of thiophene rings is 1. The maximum absolute atomic E-state index is 13.1. The molecule has 0 aliphatic rings. The van der Waals surface area contributed by atoms with Gasteiger partial charge in [-0.3, -0.25) is 0 Å². The first-order valence-electron chi connectivity index (χ1n) is 4.84. The maximum Gasteiger partial charge on any atom is 0.159 e. The van der Waals surface area contributed by atoms with Crippen molar-refractivity contribution in [1.29, 1.82) is 0 Å². The molecule has 1 atom stereocenters. The monoisotopic (exact) mass is 380 g/mol. The minimum Gasteiger partial charge on any atom is -0.204 e. The van der Waals surface area contributed by atoms with Crippen molar-refractivity contribution in [3.8, 4) is 0 Å². The van der Waals surface area contributed by atoms with E-state index in [1.165, 1.54) is 6.07 Å². The van der Waals surface area contributed by atoms with E-state index in [4.69, 9.17) is 0 Å². The van der Waals surface area contributed by atoms with Gasteiger partial charge < -0.3 is 0 Å². The van der Waals surface area contributed by atoms with Crippen LogP contribution in [0.5, 0.6) is 0 Å². The molecule has 0 nitrogen and oxygen atoms in total. The predicted molar refractivity (Wildman–Crippen MR) is 73.9 cm³/mol. The van der Waals surface area contributed by atoms with Crippen molar-refractivity contribution in [2.75, 3.05) is 0 Å². The highest BCUT2D eigenvalue weighted by molar-refractivity contribution is 9.11. The molecule has 2 aromatic rings. The number of alkyl halides is 1. The lowest BCUT2D eigenvalue weighted by molar-refractivity contribution is 0.507. The molecule has 90 valence electrons. The van der Waals surface area contributed by atoms with Gasteiger partial charge in [-0.15, -0.1) is 11.3 Å². The second-order valence-electron chi connectivity index (χ2n) is 3.64. The van der Waals surface area contributed by atoms with Crippen molar-refractivity contribution in [3.05, 3.63) is 55.7 Å². The van der Waals surface area contributed by atoms with Gasteiger partial charge in [0.15, 0.2) is 11.6 Å². The normalized spacial score (nSPS) is 12.8. The summed E-state index contributed by atoms with van der Waals surface area (Å²) in [5.41, 5.74) is 1.84. The Morgan fingerprint density at radius 2 is 1.88 bits per heavy atom. The van der Waals surface area contributed by atoms with E-state index in [0.29, 0.717) is 5.56 Å². The van der Waals surface area contributed by atoms with Gasteiger partial charge in [0.1, 0.15) is 0 Å². The molecule has 0 fully saturated rings. The molecule has 5 heteroatoms.